The predicted molar refractivity (Wildman–Crippen MR) is 115 cm³/mol. The van der Waals surface area contributed by atoms with Gasteiger partial charge in [-0.1, -0.05) is 44.2 Å². The van der Waals surface area contributed by atoms with Crippen LogP contribution in [-0.2, 0) is 24.4 Å². The number of hydrogen-bond donors (Lipinski definition) is 3. The Labute approximate surface area is 177 Å². The quantitative estimate of drug-likeness (QED) is 0.647. The first-order valence-electron chi connectivity index (χ1n) is 9.52. The van der Waals surface area contributed by atoms with Crippen LogP contribution in [0.15, 0.2) is 42.5 Å². The monoisotopic (exact) mass is 417 g/mol. The molecule has 7 heteroatoms. The minimum atomic E-state index is -0.631. The number of benzene rings is 2. The van der Waals surface area contributed by atoms with Crippen molar-refractivity contribution in [3.8, 4) is 5.75 Å². The van der Waals surface area contributed by atoms with Crippen LogP contribution in [0.25, 0.3) is 0 Å². The minimum Gasteiger partial charge on any atom is -0.496 e. The van der Waals surface area contributed by atoms with Gasteiger partial charge in [0, 0.05) is 19.6 Å². The van der Waals surface area contributed by atoms with E-state index < -0.39 is 6.04 Å². The Morgan fingerprint density at radius 3 is 2.55 bits per heavy atom. The van der Waals surface area contributed by atoms with E-state index in [9.17, 15) is 9.59 Å². The normalized spacial score (nSPS) is 13.2. The molecule has 0 spiro atoms. The van der Waals surface area contributed by atoms with Gasteiger partial charge in [0.15, 0.2) is 0 Å². The molecular weight excluding hydrogens is 390 g/mol. The van der Waals surface area contributed by atoms with E-state index in [4.69, 9.17) is 4.74 Å². The number of halogens is 1. The summed E-state index contributed by atoms with van der Waals surface area (Å²) < 4.78 is 5.24. The molecule has 1 unspecified atom stereocenters. The van der Waals surface area contributed by atoms with Crippen molar-refractivity contribution in [3.63, 3.8) is 0 Å². The maximum absolute atomic E-state index is 12.7. The summed E-state index contributed by atoms with van der Waals surface area (Å²) in [5.41, 5.74) is 4.04. The van der Waals surface area contributed by atoms with Gasteiger partial charge in [0.05, 0.1) is 12.7 Å². The zero-order valence-electron chi connectivity index (χ0n) is 17.0. The second kappa shape index (κ2) is 10.3. The lowest BCUT2D eigenvalue weighted by Crippen LogP contribution is -2.49. The Kier molecular flexibility index (Phi) is 8.05. The van der Waals surface area contributed by atoms with Crippen molar-refractivity contribution >= 4 is 24.2 Å². The molecule has 1 atom stereocenters. The van der Waals surface area contributed by atoms with Crippen LogP contribution in [0.1, 0.15) is 40.9 Å². The van der Waals surface area contributed by atoms with Gasteiger partial charge in [-0.15, -0.1) is 12.4 Å². The Balaban J connectivity index is 0.00000300. The SMILES string of the molecule is COc1ccccc1C(=O)NC(C(=O)NCc1ccc2c(c1)CNC2)C(C)C.Cl. The average Bonchev–Trinajstić information content (AvgIpc) is 3.17. The standard InChI is InChI=1S/C22H27N3O3.ClH/c1-14(2)20(25-21(26)18-6-4-5-7-19(18)28-3)22(27)24-11-15-8-9-16-12-23-13-17(16)10-15;/h4-10,14,20,23H,11-13H2,1-3H3,(H,24,27)(H,25,26);1H. The number of methoxy groups -OCH3 is 1. The van der Waals surface area contributed by atoms with Crippen LogP contribution in [0.5, 0.6) is 5.75 Å². The fourth-order valence-corrected chi connectivity index (χ4v) is 3.34. The van der Waals surface area contributed by atoms with Crippen LogP contribution in [-0.4, -0.2) is 25.0 Å². The molecule has 0 saturated heterocycles. The van der Waals surface area contributed by atoms with Crippen LogP contribution in [0.3, 0.4) is 0 Å². The third-order valence-corrected chi connectivity index (χ3v) is 4.96. The highest BCUT2D eigenvalue weighted by Crippen LogP contribution is 2.18. The molecular formula is C22H28ClN3O3. The van der Waals surface area contributed by atoms with Crippen LogP contribution in [0.2, 0.25) is 0 Å². The summed E-state index contributed by atoms with van der Waals surface area (Å²) in [6.45, 7) is 6.01. The van der Waals surface area contributed by atoms with Crippen LogP contribution >= 0.6 is 12.4 Å². The van der Waals surface area contributed by atoms with Crippen molar-refractivity contribution in [2.24, 2.45) is 5.92 Å². The number of nitrogens with one attached hydrogen (secondary N) is 3. The predicted octanol–water partition coefficient (Wildman–Crippen LogP) is 2.79. The van der Waals surface area contributed by atoms with Crippen molar-refractivity contribution in [3.05, 3.63) is 64.7 Å². The molecule has 2 aromatic rings. The summed E-state index contributed by atoms with van der Waals surface area (Å²) in [5, 5.41) is 9.11. The van der Waals surface area contributed by atoms with E-state index in [2.05, 4.69) is 28.1 Å². The summed E-state index contributed by atoms with van der Waals surface area (Å²) in [4.78, 5) is 25.4. The molecule has 3 N–H and O–H groups in total. The number of hydrogen-bond acceptors (Lipinski definition) is 4. The smallest absolute Gasteiger partial charge is 0.255 e. The van der Waals surface area contributed by atoms with Crippen molar-refractivity contribution in [2.75, 3.05) is 7.11 Å². The molecule has 1 aliphatic rings. The zero-order chi connectivity index (χ0) is 20.1. The van der Waals surface area contributed by atoms with E-state index in [0.29, 0.717) is 17.9 Å². The molecule has 2 aromatic carbocycles. The largest absolute Gasteiger partial charge is 0.496 e. The fraction of sp³-hybridized carbons (Fsp3) is 0.364. The number of carbonyl (C=O) groups excluding carboxylic acids is 2. The molecule has 29 heavy (non-hydrogen) atoms. The number of ether oxygens (including phenoxy) is 1. The third kappa shape index (κ3) is 5.49. The number of carbonyl (C=O) groups is 2. The molecule has 0 saturated carbocycles. The molecule has 1 heterocycles. The van der Waals surface area contributed by atoms with E-state index in [0.717, 1.165) is 18.7 Å². The Hall–Kier alpha value is -2.57. The summed E-state index contributed by atoms with van der Waals surface area (Å²) in [5.74, 6) is -0.0932. The summed E-state index contributed by atoms with van der Waals surface area (Å²) in [7, 11) is 1.52. The number of fused-ring (bicyclic) bond motifs is 1. The van der Waals surface area contributed by atoms with Gasteiger partial charge in [-0.25, -0.2) is 0 Å². The molecule has 2 amide bonds. The first-order valence-corrected chi connectivity index (χ1v) is 9.52. The second-order valence-electron chi connectivity index (χ2n) is 7.32. The van der Waals surface area contributed by atoms with Crippen molar-refractivity contribution in [2.45, 2.75) is 39.5 Å². The van der Waals surface area contributed by atoms with Gasteiger partial charge >= 0.3 is 0 Å². The van der Waals surface area contributed by atoms with Crippen molar-refractivity contribution in [1.29, 1.82) is 0 Å². The highest BCUT2D eigenvalue weighted by atomic mass is 35.5. The Morgan fingerprint density at radius 2 is 1.83 bits per heavy atom. The van der Waals surface area contributed by atoms with Gasteiger partial charge in [0.2, 0.25) is 5.91 Å². The van der Waals surface area contributed by atoms with Gasteiger partial charge in [-0.05, 0) is 34.7 Å². The number of rotatable bonds is 7. The maximum atomic E-state index is 12.7. The van der Waals surface area contributed by atoms with Crippen LogP contribution in [0.4, 0.5) is 0 Å². The Bertz CT molecular complexity index is 870. The van der Waals surface area contributed by atoms with Crippen molar-refractivity contribution < 1.29 is 14.3 Å². The highest BCUT2D eigenvalue weighted by Gasteiger charge is 2.25. The molecule has 156 valence electrons. The van der Waals surface area contributed by atoms with Gasteiger partial charge < -0.3 is 20.7 Å². The number of amides is 2. The summed E-state index contributed by atoms with van der Waals surface area (Å²) in [6, 6.07) is 12.6. The van der Waals surface area contributed by atoms with E-state index in [1.165, 1.54) is 18.2 Å². The maximum Gasteiger partial charge on any atom is 0.255 e. The molecule has 3 rings (SSSR count). The van der Waals surface area contributed by atoms with Crippen LogP contribution in [0, 0.1) is 5.92 Å². The fourth-order valence-electron chi connectivity index (χ4n) is 3.34. The van der Waals surface area contributed by atoms with Crippen LogP contribution < -0.4 is 20.7 Å². The third-order valence-electron chi connectivity index (χ3n) is 4.96. The lowest BCUT2D eigenvalue weighted by molar-refractivity contribution is -0.124. The van der Waals surface area contributed by atoms with E-state index in [-0.39, 0.29) is 30.1 Å². The zero-order valence-corrected chi connectivity index (χ0v) is 17.8. The molecule has 0 aromatic heterocycles. The summed E-state index contributed by atoms with van der Waals surface area (Å²) in [6.07, 6.45) is 0. The lowest BCUT2D eigenvalue weighted by Gasteiger charge is -2.22. The first-order chi connectivity index (χ1) is 13.5. The van der Waals surface area contributed by atoms with Crippen molar-refractivity contribution in [1.82, 2.24) is 16.0 Å². The average molecular weight is 418 g/mol. The molecule has 0 fully saturated rings. The molecule has 0 bridgehead atoms. The van der Waals surface area contributed by atoms with E-state index >= 15 is 0 Å². The lowest BCUT2D eigenvalue weighted by atomic mass is 10.0. The van der Waals surface area contributed by atoms with Gasteiger partial charge in [0.25, 0.3) is 5.91 Å². The Morgan fingerprint density at radius 1 is 1.10 bits per heavy atom. The van der Waals surface area contributed by atoms with E-state index in [1.807, 2.05) is 19.9 Å². The van der Waals surface area contributed by atoms with Gasteiger partial charge in [0.1, 0.15) is 11.8 Å². The summed E-state index contributed by atoms with van der Waals surface area (Å²) >= 11 is 0. The second-order valence-corrected chi connectivity index (χ2v) is 7.32. The molecule has 6 nitrogen and oxygen atoms in total. The van der Waals surface area contributed by atoms with Gasteiger partial charge in [-0.3, -0.25) is 9.59 Å². The molecule has 1 aliphatic heterocycles. The minimum absolute atomic E-state index is 0. The molecule has 0 aliphatic carbocycles. The topological polar surface area (TPSA) is 79.5 Å². The molecule has 0 radical (unpaired) electrons. The van der Waals surface area contributed by atoms with E-state index in [1.54, 1.807) is 24.3 Å². The van der Waals surface area contributed by atoms with Gasteiger partial charge in [-0.2, -0.15) is 0 Å². The first kappa shape index (κ1) is 22.7. The number of para-hydroxylation sites is 1. The highest BCUT2D eigenvalue weighted by molar-refractivity contribution is 5.99.